The minimum absolute atomic E-state index is 0.00575. The van der Waals surface area contributed by atoms with Gasteiger partial charge in [-0.2, -0.15) is 0 Å². The van der Waals surface area contributed by atoms with Crippen molar-refractivity contribution in [2.24, 2.45) is 5.92 Å². The standard InChI is InChI=1S/C31H37N3O5/c1-6-37-22-12-9-20(10-13-22)27-24-15-16-34(30(36)39-31(2,3)4)28(24)25-18-21(11-14-26(25)32-27)29(35)33(5)19-23-8-7-17-38-23/h7-14,17-18,24,27-28,32H,6,15-16,19H2,1-5H3. The van der Waals surface area contributed by atoms with Gasteiger partial charge in [0, 0.05) is 30.8 Å². The highest BCUT2D eigenvalue weighted by atomic mass is 16.6. The number of fused-ring (bicyclic) bond motifs is 3. The van der Waals surface area contributed by atoms with Crippen LogP contribution >= 0.6 is 0 Å². The molecule has 206 valence electrons. The fourth-order valence-corrected chi connectivity index (χ4v) is 5.63. The van der Waals surface area contributed by atoms with E-state index in [1.807, 2.05) is 75.1 Å². The molecule has 2 aliphatic rings. The molecule has 8 heteroatoms. The molecule has 3 heterocycles. The lowest BCUT2D eigenvalue weighted by Crippen LogP contribution is -2.40. The Morgan fingerprint density at radius 3 is 2.56 bits per heavy atom. The highest BCUT2D eigenvalue weighted by Gasteiger charge is 2.47. The Morgan fingerprint density at radius 1 is 1.13 bits per heavy atom. The largest absolute Gasteiger partial charge is 0.494 e. The summed E-state index contributed by atoms with van der Waals surface area (Å²) in [6.45, 7) is 9.17. The highest BCUT2D eigenvalue weighted by Crippen LogP contribution is 2.52. The number of rotatable bonds is 6. The number of anilines is 1. The van der Waals surface area contributed by atoms with Gasteiger partial charge in [-0.15, -0.1) is 0 Å². The van der Waals surface area contributed by atoms with E-state index in [1.165, 1.54) is 0 Å². The minimum atomic E-state index is -0.605. The average molecular weight is 532 g/mol. The van der Waals surface area contributed by atoms with Crippen LogP contribution in [0.4, 0.5) is 10.5 Å². The molecular weight excluding hydrogens is 494 g/mol. The molecule has 39 heavy (non-hydrogen) atoms. The van der Waals surface area contributed by atoms with Crippen molar-refractivity contribution in [3.8, 4) is 5.75 Å². The SMILES string of the molecule is CCOc1ccc(C2Nc3ccc(C(=O)N(C)Cc4ccco4)cc3C3C2CCN3C(=O)OC(C)(C)C)cc1. The Hall–Kier alpha value is -3.94. The van der Waals surface area contributed by atoms with Crippen LogP contribution in [0.25, 0.3) is 0 Å². The van der Waals surface area contributed by atoms with E-state index in [-0.39, 0.29) is 30.0 Å². The Morgan fingerprint density at radius 2 is 1.90 bits per heavy atom. The predicted octanol–water partition coefficient (Wildman–Crippen LogP) is 6.42. The molecule has 1 saturated heterocycles. The molecule has 0 radical (unpaired) electrons. The Labute approximate surface area is 229 Å². The lowest BCUT2D eigenvalue weighted by molar-refractivity contribution is 0.0198. The van der Waals surface area contributed by atoms with Crippen LogP contribution in [-0.2, 0) is 11.3 Å². The number of nitrogens with one attached hydrogen (secondary N) is 1. The molecule has 0 saturated carbocycles. The first-order valence-electron chi connectivity index (χ1n) is 13.6. The number of carbonyl (C=O) groups excluding carboxylic acids is 2. The second-order valence-electron chi connectivity index (χ2n) is 11.2. The number of furan rings is 1. The first-order chi connectivity index (χ1) is 18.6. The Kier molecular flexibility index (Phi) is 7.30. The number of hydrogen-bond acceptors (Lipinski definition) is 6. The summed E-state index contributed by atoms with van der Waals surface area (Å²) in [4.78, 5) is 30.2. The van der Waals surface area contributed by atoms with E-state index in [1.54, 1.807) is 18.2 Å². The number of amides is 2. The van der Waals surface area contributed by atoms with Gasteiger partial charge in [0.2, 0.25) is 0 Å². The lowest BCUT2D eigenvalue weighted by atomic mass is 9.79. The first-order valence-corrected chi connectivity index (χ1v) is 13.6. The van der Waals surface area contributed by atoms with Crippen LogP contribution in [0.3, 0.4) is 0 Å². The van der Waals surface area contributed by atoms with Crippen LogP contribution in [0.1, 0.15) is 73.4 Å². The molecular formula is C31H37N3O5. The van der Waals surface area contributed by atoms with Crippen LogP contribution in [0, 0.1) is 5.92 Å². The molecule has 2 aliphatic heterocycles. The summed E-state index contributed by atoms with van der Waals surface area (Å²) in [6.07, 6.45) is 2.08. The monoisotopic (exact) mass is 531 g/mol. The molecule has 1 fully saturated rings. The first kappa shape index (κ1) is 26.7. The molecule has 1 aromatic heterocycles. The normalized spacial score (nSPS) is 20.0. The van der Waals surface area contributed by atoms with Crippen molar-refractivity contribution in [2.45, 2.75) is 58.3 Å². The van der Waals surface area contributed by atoms with Crippen LogP contribution in [0.2, 0.25) is 0 Å². The summed E-state index contributed by atoms with van der Waals surface area (Å²) in [6, 6.07) is 17.3. The third-order valence-electron chi connectivity index (χ3n) is 7.30. The fraction of sp³-hybridized carbons (Fsp3) is 0.419. The summed E-state index contributed by atoms with van der Waals surface area (Å²) in [7, 11) is 1.76. The number of hydrogen-bond donors (Lipinski definition) is 1. The van der Waals surface area contributed by atoms with E-state index in [0.717, 1.165) is 34.7 Å². The Bertz CT molecular complexity index is 1310. The van der Waals surface area contributed by atoms with E-state index in [9.17, 15) is 9.59 Å². The van der Waals surface area contributed by atoms with Crippen LogP contribution in [0.15, 0.2) is 65.3 Å². The van der Waals surface area contributed by atoms with Crippen molar-refractivity contribution < 1.29 is 23.5 Å². The highest BCUT2D eigenvalue weighted by molar-refractivity contribution is 5.95. The molecule has 0 bridgehead atoms. The van der Waals surface area contributed by atoms with Crippen LogP contribution in [0.5, 0.6) is 5.75 Å². The van der Waals surface area contributed by atoms with Gasteiger partial charge in [0.05, 0.1) is 31.5 Å². The fourth-order valence-electron chi connectivity index (χ4n) is 5.63. The van der Waals surface area contributed by atoms with Crippen molar-refractivity contribution in [1.82, 2.24) is 9.80 Å². The van der Waals surface area contributed by atoms with Crippen molar-refractivity contribution in [3.05, 3.63) is 83.3 Å². The molecule has 3 aromatic rings. The number of benzene rings is 2. The second kappa shape index (κ2) is 10.7. The van der Waals surface area contributed by atoms with E-state index < -0.39 is 5.60 Å². The molecule has 1 N–H and O–H groups in total. The average Bonchev–Trinajstić information content (AvgIpc) is 3.58. The van der Waals surface area contributed by atoms with E-state index >= 15 is 0 Å². The summed E-state index contributed by atoms with van der Waals surface area (Å²) >= 11 is 0. The topological polar surface area (TPSA) is 84.3 Å². The van der Waals surface area contributed by atoms with Crippen molar-refractivity contribution in [2.75, 3.05) is 25.5 Å². The summed E-state index contributed by atoms with van der Waals surface area (Å²) in [5.41, 5.74) is 2.94. The van der Waals surface area contributed by atoms with Crippen molar-refractivity contribution >= 4 is 17.7 Å². The van der Waals surface area contributed by atoms with Crippen LogP contribution in [-0.4, -0.2) is 47.6 Å². The third kappa shape index (κ3) is 5.60. The van der Waals surface area contributed by atoms with Gasteiger partial charge in [-0.05, 0) is 87.7 Å². The van der Waals surface area contributed by atoms with Gasteiger partial charge >= 0.3 is 6.09 Å². The molecule has 0 aliphatic carbocycles. The number of carbonyl (C=O) groups is 2. The summed E-state index contributed by atoms with van der Waals surface area (Å²) < 4.78 is 16.9. The number of ether oxygens (including phenoxy) is 2. The zero-order valence-electron chi connectivity index (χ0n) is 23.3. The number of nitrogens with zero attached hydrogens (tertiary/aromatic N) is 2. The maximum absolute atomic E-state index is 13.4. The lowest BCUT2D eigenvalue weighted by Gasteiger charge is -2.40. The Balaban J connectivity index is 1.49. The number of likely N-dealkylation sites (tertiary alicyclic amines) is 1. The molecule has 3 unspecified atom stereocenters. The molecule has 5 rings (SSSR count). The minimum Gasteiger partial charge on any atom is -0.494 e. The van der Waals surface area contributed by atoms with Gasteiger partial charge in [-0.1, -0.05) is 12.1 Å². The molecule has 3 atom stereocenters. The summed E-state index contributed by atoms with van der Waals surface area (Å²) in [5, 5.41) is 3.72. The second-order valence-corrected chi connectivity index (χ2v) is 11.2. The van der Waals surface area contributed by atoms with E-state index in [2.05, 4.69) is 17.4 Å². The predicted molar refractivity (Wildman–Crippen MR) is 149 cm³/mol. The van der Waals surface area contributed by atoms with Gasteiger partial charge in [0.15, 0.2) is 0 Å². The maximum Gasteiger partial charge on any atom is 0.410 e. The molecule has 0 spiro atoms. The zero-order valence-corrected chi connectivity index (χ0v) is 23.3. The smallest absolute Gasteiger partial charge is 0.410 e. The third-order valence-corrected chi connectivity index (χ3v) is 7.30. The quantitative estimate of drug-likeness (QED) is 0.395. The zero-order chi connectivity index (χ0) is 27.7. The van der Waals surface area contributed by atoms with Gasteiger partial charge in [-0.25, -0.2) is 4.79 Å². The van der Waals surface area contributed by atoms with Crippen LogP contribution < -0.4 is 10.1 Å². The van der Waals surface area contributed by atoms with Gasteiger partial charge < -0.3 is 29.0 Å². The van der Waals surface area contributed by atoms with E-state index in [0.29, 0.717) is 25.3 Å². The van der Waals surface area contributed by atoms with Gasteiger partial charge in [0.25, 0.3) is 5.91 Å². The molecule has 8 nitrogen and oxygen atoms in total. The maximum atomic E-state index is 13.4. The van der Waals surface area contributed by atoms with Crippen molar-refractivity contribution in [3.63, 3.8) is 0 Å². The summed E-state index contributed by atoms with van der Waals surface area (Å²) in [5.74, 6) is 1.55. The van der Waals surface area contributed by atoms with Crippen molar-refractivity contribution in [1.29, 1.82) is 0 Å². The van der Waals surface area contributed by atoms with E-state index in [4.69, 9.17) is 13.9 Å². The van der Waals surface area contributed by atoms with Gasteiger partial charge in [0.1, 0.15) is 17.1 Å². The molecule has 2 amide bonds. The van der Waals surface area contributed by atoms with Gasteiger partial charge in [-0.3, -0.25) is 4.79 Å². The molecule has 2 aromatic carbocycles.